The van der Waals surface area contributed by atoms with Crippen LogP contribution in [0.25, 0.3) is 11.3 Å². The number of pyridine rings is 2. The molecule has 10 nitrogen and oxygen atoms in total. The zero-order valence-electron chi connectivity index (χ0n) is 24.6. The van der Waals surface area contributed by atoms with Gasteiger partial charge in [0.15, 0.2) is 0 Å². The molecule has 41 heavy (non-hydrogen) atoms. The van der Waals surface area contributed by atoms with Crippen LogP contribution in [0.3, 0.4) is 0 Å². The molecule has 4 heterocycles. The normalized spacial score (nSPS) is 14.0. The topological polar surface area (TPSA) is 106 Å². The van der Waals surface area contributed by atoms with E-state index in [2.05, 4.69) is 33.2 Å². The van der Waals surface area contributed by atoms with E-state index in [1.165, 1.54) is 13.2 Å². The summed E-state index contributed by atoms with van der Waals surface area (Å²) in [6.45, 7) is 11.3. The van der Waals surface area contributed by atoms with Gasteiger partial charge < -0.3 is 24.6 Å². The molecule has 0 aromatic carbocycles. The van der Waals surface area contributed by atoms with Crippen molar-refractivity contribution in [2.45, 2.75) is 52.9 Å². The van der Waals surface area contributed by atoms with Crippen molar-refractivity contribution >= 4 is 17.5 Å². The maximum Gasteiger partial charge on any atom is 0.231 e. The summed E-state index contributed by atoms with van der Waals surface area (Å²) in [6.07, 6.45) is 7.51. The lowest BCUT2D eigenvalue weighted by Crippen LogP contribution is -2.38. The molecular weight excluding hydrogens is 525 g/mol. The summed E-state index contributed by atoms with van der Waals surface area (Å²) in [5.41, 5.74) is 3.82. The van der Waals surface area contributed by atoms with Crippen LogP contribution in [0, 0.1) is 12.7 Å². The molecule has 1 atom stereocenters. The summed E-state index contributed by atoms with van der Waals surface area (Å²) in [4.78, 5) is 35.4. The van der Waals surface area contributed by atoms with Crippen molar-refractivity contribution in [2.75, 3.05) is 56.8 Å². The Morgan fingerprint density at radius 2 is 1.98 bits per heavy atom. The molecule has 220 valence electrons. The second kappa shape index (κ2) is 14.2. The van der Waals surface area contributed by atoms with Crippen molar-refractivity contribution in [3.63, 3.8) is 0 Å². The minimum Gasteiger partial charge on any atom is -0.481 e. The van der Waals surface area contributed by atoms with E-state index in [1.807, 2.05) is 13.8 Å². The number of carbonyl (C=O) groups excluding carboxylic acids is 1. The van der Waals surface area contributed by atoms with E-state index in [4.69, 9.17) is 19.4 Å². The molecule has 3 aromatic heterocycles. The van der Waals surface area contributed by atoms with E-state index >= 15 is 0 Å². The number of ether oxygens (including phenoxy) is 2. The van der Waals surface area contributed by atoms with Crippen molar-refractivity contribution in [1.82, 2.24) is 24.8 Å². The summed E-state index contributed by atoms with van der Waals surface area (Å²) >= 11 is 0. The number of hydrogen-bond acceptors (Lipinski definition) is 9. The predicted molar refractivity (Wildman–Crippen MR) is 157 cm³/mol. The van der Waals surface area contributed by atoms with E-state index in [0.29, 0.717) is 19.8 Å². The Hall–Kier alpha value is -3.86. The first-order valence-electron chi connectivity index (χ1n) is 14.2. The fourth-order valence-corrected chi connectivity index (χ4v) is 4.85. The van der Waals surface area contributed by atoms with Crippen LogP contribution < -0.4 is 15.0 Å². The Balaban J connectivity index is 1.55. The third-order valence-electron chi connectivity index (χ3n) is 7.36. The van der Waals surface area contributed by atoms with Gasteiger partial charge in [-0.15, -0.1) is 0 Å². The molecule has 0 bridgehead atoms. The van der Waals surface area contributed by atoms with Crippen molar-refractivity contribution in [1.29, 1.82) is 0 Å². The van der Waals surface area contributed by atoms with Crippen LogP contribution in [0.2, 0.25) is 0 Å². The summed E-state index contributed by atoms with van der Waals surface area (Å²) in [6, 6.07) is 3.61. The number of aryl methyl sites for hydroxylation is 2. The summed E-state index contributed by atoms with van der Waals surface area (Å²) in [5, 5.41) is 3.39. The number of nitrogens with one attached hydrogen (secondary N) is 1. The summed E-state index contributed by atoms with van der Waals surface area (Å²) < 4.78 is 25.1. The van der Waals surface area contributed by atoms with Gasteiger partial charge in [-0.05, 0) is 45.2 Å². The number of methoxy groups -OCH3 is 1. The average Bonchev–Trinajstić information content (AvgIpc) is 3.01. The Labute approximate surface area is 241 Å². The molecule has 0 aliphatic carbocycles. The molecule has 1 saturated heterocycles. The minimum absolute atomic E-state index is 0.203. The Kier molecular flexibility index (Phi) is 10.4. The van der Waals surface area contributed by atoms with Gasteiger partial charge in [0.05, 0.1) is 57.2 Å². The number of nitrogens with zero attached hydrogens (tertiary/aromatic N) is 6. The number of aromatic nitrogens is 4. The minimum atomic E-state index is -0.706. The lowest BCUT2D eigenvalue weighted by Gasteiger charge is -2.28. The van der Waals surface area contributed by atoms with Crippen molar-refractivity contribution in [2.24, 2.45) is 0 Å². The maximum absolute atomic E-state index is 14.5. The zero-order valence-corrected chi connectivity index (χ0v) is 24.6. The summed E-state index contributed by atoms with van der Waals surface area (Å²) in [7, 11) is 1.46. The number of likely N-dealkylation sites (N-methyl/N-ethyl adjacent to an activating group) is 1. The molecule has 1 N–H and O–H groups in total. The standard InChI is InChI=1S/C30H40FN7O3/c1-6-8-9-22-14-24(26-17-32-18-27(36-26)38-10-12-41-13-11-38)21(4)35-29(22)34-19-37(7-2)30(39)20(3)23-15-28(40-5)33-16-25(23)31/h14-18,20H,6-13,19H2,1-5H3,(H,34,35)/t20-/m1/s1. The van der Waals surface area contributed by atoms with Crippen molar-refractivity contribution < 1.29 is 18.7 Å². The molecule has 0 saturated carbocycles. The zero-order chi connectivity index (χ0) is 29.4. The van der Waals surface area contributed by atoms with E-state index in [1.54, 1.807) is 24.2 Å². The number of morpholine rings is 1. The van der Waals surface area contributed by atoms with Crippen LogP contribution in [0.5, 0.6) is 5.88 Å². The second-order valence-corrected chi connectivity index (χ2v) is 10.1. The smallest absolute Gasteiger partial charge is 0.231 e. The third kappa shape index (κ3) is 7.27. The molecule has 1 fully saturated rings. The van der Waals surface area contributed by atoms with E-state index in [-0.39, 0.29) is 24.0 Å². The van der Waals surface area contributed by atoms with Gasteiger partial charge in [-0.2, -0.15) is 0 Å². The average molecular weight is 566 g/mol. The van der Waals surface area contributed by atoms with Crippen LogP contribution in [0.4, 0.5) is 16.0 Å². The maximum atomic E-state index is 14.5. The number of amides is 1. The largest absolute Gasteiger partial charge is 0.481 e. The fraction of sp³-hybridized carbons (Fsp3) is 0.500. The molecule has 1 aliphatic heterocycles. The van der Waals surface area contributed by atoms with Gasteiger partial charge in [0.1, 0.15) is 17.5 Å². The van der Waals surface area contributed by atoms with Gasteiger partial charge in [0, 0.05) is 42.5 Å². The highest BCUT2D eigenvalue weighted by Gasteiger charge is 2.25. The predicted octanol–water partition coefficient (Wildman–Crippen LogP) is 4.59. The van der Waals surface area contributed by atoms with Crippen LogP contribution in [0.1, 0.15) is 56.4 Å². The lowest BCUT2D eigenvalue weighted by atomic mass is 10.0. The van der Waals surface area contributed by atoms with Crippen LogP contribution >= 0.6 is 0 Å². The molecular formula is C30H40FN7O3. The molecule has 1 amide bonds. The Morgan fingerprint density at radius 1 is 1.20 bits per heavy atom. The quantitative estimate of drug-likeness (QED) is 0.316. The Bertz CT molecular complexity index is 1330. The van der Waals surface area contributed by atoms with Gasteiger partial charge in [0.25, 0.3) is 0 Å². The van der Waals surface area contributed by atoms with Crippen molar-refractivity contribution in [3.05, 3.63) is 53.4 Å². The number of rotatable bonds is 12. The van der Waals surface area contributed by atoms with Crippen LogP contribution in [0.15, 0.2) is 30.7 Å². The molecule has 1 aliphatic rings. The lowest BCUT2D eigenvalue weighted by molar-refractivity contribution is -0.132. The highest BCUT2D eigenvalue weighted by atomic mass is 19.1. The van der Waals surface area contributed by atoms with Gasteiger partial charge in [0.2, 0.25) is 11.8 Å². The number of halogens is 1. The number of unbranched alkanes of at least 4 members (excludes halogenated alkanes) is 1. The monoisotopic (exact) mass is 565 g/mol. The molecule has 0 radical (unpaired) electrons. The molecule has 11 heteroatoms. The first-order valence-corrected chi connectivity index (χ1v) is 14.2. The van der Waals surface area contributed by atoms with Gasteiger partial charge in [-0.1, -0.05) is 13.3 Å². The van der Waals surface area contributed by atoms with Gasteiger partial charge in [-0.25, -0.2) is 19.3 Å². The number of hydrogen-bond donors (Lipinski definition) is 1. The third-order valence-corrected chi connectivity index (χ3v) is 7.36. The first-order chi connectivity index (χ1) is 19.9. The van der Waals surface area contributed by atoms with Crippen LogP contribution in [-0.2, 0) is 16.0 Å². The molecule has 0 spiro atoms. The molecule has 4 rings (SSSR count). The van der Waals surface area contributed by atoms with Crippen molar-refractivity contribution in [3.8, 4) is 17.1 Å². The SMILES string of the molecule is CCCCc1cc(-c2cncc(N3CCOCC3)n2)c(C)nc1NCN(CC)C(=O)[C@H](C)c1cc(OC)ncc1F. The summed E-state index contributed by atoms with van der Waals surface area (Å²) in [5.74, 6) is 0.381. The number of carbonyl (C=O) groups is 1. The van der Waals surface area contributed by atoms with Gasteiger partial charge in [-0.3, -0.25) is 9.78 Å². The molecule has 3 aromatic rings. The van der Waals surface area contributed by atoms with Crippen LogP contribution in [-0.4, -0.2) is 77.4 Å². The van der Waals surface area contributed by atoms with Gasteiger partial charge >= 0.3 is 0 Å². The highest BCUT2D eigenvalue weighted by Crippen LogP contribution is 2.29. The highest BCUT2D eigenvalue weighted by molar-refractivity contribution is 5.83. The van der Waals surface area contributed by atoms with E-state index < -0.39 is 11.7 Å². The van der Waals surface area contributed by atoms with E-state index in [0.717, 1.165) is 72.7 Å². The Morgan fingerprint density at radius 3 is 2.68 bits per heavy atom. The second-order valence-electron chi connectivity index (χ2n) is 10.1. The van der Waals surface area contributed by atoms with E-state index in [9.17, 15) is 9.18 Å². The molecule has 0 unspecified atom stereocenters. The number of anilines is 2. The first kappa shape index (κ1) is 30.1. The fourth-order valence-electron chi connectivity index (χ4n) is 4.85.